The average Bonchev–Trinajstić information content (AvgIpc) is 2.35. The summed E-state index contributed by atoms with van der Waals surface area (Å²) in [5.74, 6) is -0.280. The highest BCUT2D eigenvalue weighted by molar-refractivity contribution is 9.10. The molecule has 0 bridgehead atoms. The van der Waals surface area contributed by atoms with E-state index < -0.39 is 5.97 Å². The molecule has 0 saturated heterocycles. The van der Waals surface area contributed by atoms with Gasteiger partial charge in [0, 0.05) is 17.4 Å². The van der Waals surface area contributed by atoms with Crippen molar-refractivity contribution in [2.75, 3.05) is 11.9 Å². The summed E-state index contributed by atoms with van der Waals surface area (Å²) in [6.45, 7) is 4.71. The van der Waals surface area contributed by atoms with E-state index in [2.05, 4.69) is 41.2 Å². The lowest BCUT2D eigenvalue weighted by atomic mass is 9.94. The number of carbonyl (C=O) groups is 1. The maximum absolute atomic E-state index is 10.9. The van der Waals surface area contributed by atoms with Gasteiger partial charge in [-0.25, -0.2) is 0 Å². The molecule has 1 atom stereocenters. The van der Waals surface area contributed by atoms with Crippen molar-refractivity contribution >= 4 is 27.6 Å². The van der Waals surface area contributed by atoms with Crippen LogP contribution in [0.5, 0.6) is 0 Å². The molecule has 5 heteroatoms. The van der Waals surface area contributed by atoms with Gasteiger partial charge in [-0.1, -0.05) is 29.8 Å². The lowest BCUT2D eigenvalue weighted by Crippen LogP contribution is -2.20. The number of rotatable bonds is 7. The van der Waals surface area contributed by atoms with Gasteiger partial charge in [0.25, 0.3) is 0 Å². The van der Waals surface area contributed by atoms with Crippen LogP contribution in [0.25, 0.3) is 0 Å². The number of anilines is 1. The largest absolute Gasteiger partial charge is 0.481 e. The number of hydrogen-bond donors (Lipinski definition) is 2. The second-order valence-electron chi connectivity index (χ2n) is 5.28. The zero-order valence-corrected chi connectivity index (χ0v) is 13.3. The summed E-state index contributed by atoms with van der Waals surface area (Å²) in [6.07, 6.45) is 0.987. The number of aliphatic carboxylic acids is 1. The fraction of sp³-hybridized carbons (Fsp3) is 0.467. The molecule has 0 radical (unpaired) electrons. The summed E-state index contributed by atoms with van der Waals surface area (Å²) in [7, 11) is 0. The predicted octanol–water partition coefficient (Wildman–Crippen LogP) is 3.87. The second-order valence-corrected chi connectivity index (χ2v) is 6.19. The normalized spacial score (nSPS) is 11.9. The van der Waals surface area contributed by atoms with Gasteiger partial charge in [0.1, 0.15) is 6.07 Å². The highest BCUT2D eigenvalue weighted by atomic mass is 79.9. The van der Waals surface area contributed by atoms with Crippen LogP contribution in [-0.2, 0) is 4.79 Å². The number of carboxylic acids is 1. The molecular weight excluding hydrogens is 320 g/mol. The molecule has 20 heavy (non-hydrogen) atoms. The number of hydrogen-bond acceptors (Lipinski definition) is 3. The molecule has 4 nitrogen and oxygen atoms in total. The molecule has 0 fully saturated rings. The van der Waals surface area contributed by atoms with Crippen LogP contribution in [0, 0.1) is 23.2 Å². The van der Waals surface area contributed by atoms with E-state index >= 15 is 0 Å². The fourth-order valence-electron chi connectivity index (χ4n) is 2.17. The van der Waals surface area contributed by atoms with Crippen LogP contribution < -0.4 is 5.32 Å². The van der Waals surface area contributed by atoms with Crippen molar-refractivity contribution in [3.63, 3.8) is 0 Å². The molecule has 0 saturated carbocycles. The maximum atomic E-state index is 10.9. The summed E-state index contributed by atoms with van der Waals surface area (Å²) in [6, 6.07) is 7.57. The van der Waals surface area contributed by atoms with Crippen LogP contribution >= 0.6 is 15.9 Å². The fourth-order valence-corrected chi connectivity index (χ4v) is 2.53. The first-order valence-corrected chi connectivity index (χ1v) is 7.37. The standard InChI is InChI=1S/C15H19BrN2O2/c1-10(2)5-11(6-15(19)20)9-18-14-4-3-13(16)7-12(14)8-17/h3-4,7,10-11,18H,5-6,9H2,1-2H3,(H,19,20). The Morgan fingerprint density at radius 3 is 2.75 bits per heavy atom. The quantitative estimate of drug-likeness (QED) is 0.791. The average molecular weight is 339 g/mol. The molecule has 1 aromatic rings. The minimum atomic E-state index is -0.784. The van der Waals surface area contributed by atoms with Crippen LogP contribution in [0.3, 0.4) is 0 Å². The lowest BCUT2D eigenvalue weighted by Gasteiger charge is -2.19. The lowest BCUT2D eigenvalue weighted by molar-refractivity contribution is -0.138. The topological polar surface area (TPSA) is 73.1 Å². The molecule has 0 spiro atoms. The van der Waals surface area contributed by atoms with Gasteiger partial charge in [0.05, 0.1) is 11.3 Å². The smallest absolute Gasteiger partial charge is 0.303 e. The van der Waals surface area contributed by atoms with Gasteiger partial charge in [-0.2, -0.15) is 5.26 Å². The van der Waals surface area contributed by atoms with Gasteiger partial charge in [0.2, 0.25) is 0 Å². The summed E-state index contributed by atoms with van der Waals surface area (Å²) < 4.78 is 0.851. The van der Waals surface area contributed by atoms with Crippen LogP contribution in [0.4, 0.5) is 5.69 Å². The second kappa shape index (κ2) is 7.91. The third kappa shape index (κ3) is 5.62. The highest BCUT2D eigenvalue weighted by Gasteiger charge is 2.15. The zero-order valence-electron chi connectivity index (χ0n) is 11.7. The molecule has 0 heterocycles. The molecule has 0 aromatic heterocycles. The number of nitrogens with one attached hydrogen (secondary N) is 1. The Kier molecular flexibility index (Phi) is 6.53. The molecule has 108 valence electrons. The monoisotopic (exact) mass is 338 g/mol. The predicted molar refractivity (Wildman–Crippen MR) is 82.5 cm³/mol. The molecule has 2 N–H and O–H groups in total. The molecule has 1 rings (SSSR count). The molecule has 0 aliphatic heterocycles. The van der Waals surface area contributed by atoms with Gasteiger partial charge >= 0.3 is 5.97 Å². The third-order valence-electron chi connectivity index (χ3n) is 2.95. The van der Waals surface area contributed by atoms with Gasteiger partial charge in [-0.15, -0.1) is 0 Å². The van der Waals surface area contributed by atoms with E-state index in [0.717, 1.165) is 16.6 Å². The summed E-state index contributed by atoms with van der Waals surface area (Å²) in [5.41, 5.74) is 1.30. The molecule has 1 unspecified atom stereocenters. The van der Waals surface area contributed by atoms with Crippen LogP contribution in [0.2, 0.25) is 0 Å². The van der Waals surface area contributed by atoms with E-state index in [1.807, 2.05) is 12.1 Å². The van der Waals surface area contributed by atoms with E-state index in [1.165, 1.54) is 0 Å². The molecule has 0 aliphatic carbocycles. The Labute approximate surface area is 127 Å². The minimum absolute atomic E-state index is 0.0580. The highest BCUT2D eigenvalue weighted by Crippen LogP contribution is 2.22. The number of halogens is 1. The van der Waals surface area contributed by atoms with E-state index in [1.54, 1.807) is 6.07 Å². The van der Waals surface area contributed by atoms with Crippen molar-refractivity contribution in [1.29, 1.82) is 5.26 Å². The van der Waals surface area contributed by atoms with E-state index in [9.17, 15) is 4.79 Å². The number of carboxylic acid groups (broad SMARTS) is 1. The SMILES string of the molecule is CC(C)CC(CNc1ccc(Br)cc1C#N)CC(=O)O. The van der Waals surface area contributed by atoms with Gasteiger partial charge < -0.3 is 10.4 Å². The zero-order chi connectivity index (χ0) is 15.1. The Bertz CT molecular complexity index is 509. The summed E-state index contributed by atoms with van der Waals surface area (Å²) in [4.78, 5) is 10.9. The van der Waals surface area contributed by atoms with Crippen molar-refractivity contribution in [3.8, 4) is 6.07 Å². The van der Waals surface area contributed by atoms with Crippen molar-refractivity contribution < 1.29 is 9.90 Å². The number of nitrogens with zero attached hydrogens (tertiary/aromatic N) is 1. The Morgan fingerprint density at radius 2 is 2.20 bits per heavy atom. The first kappa shape index (κ1) is 16.5. The van der Waals surface area contributed by atoms with Crippen molar-refractivity contribution in [1.82, 2.24) is 0 Å². The van der Waals surface area contributed by atoms with Gasteiger partial charge in [-0.05, 0) is 36.5 Å². The molecule has 0 aliphatic rings. The summed E-state index contributed by atoms with van der Waals surface area (Å²) >= 11 is 3.33. The van der Waals surface area contributed by atoms with Crippen molar-refractivity contribution in [2.24, 2.45) is 11.8 Å². The van der Waals surface area contributed by atoms with E-state index in [4.69, 9.17) is 10.4 Å². The Hall–Kier alpha value is -1.54. The minimum Gasteiger partial charge on any atom is -0.481 e. The van der Waals surface area contributed by atoms with Crippen LogP contribution in [0.1, 0.15) is 32.3 Å². The molecular formula is C15H19BrN2O2. The summed E-state index contributed by atoms with van der Waals surface area (Å²) in [5, 5.41) is 21.2. The Balaban J connectivity index is 2.72. The maximum Gasteiger partial charge on any atom is 0.303 e. The van der Waals surface area contributed by atoms with Gasteiger partial charge in [-0.3, -0.25) is 4.79 Å². The first-order valence-electron chi connectivity index (χ1n) is 6.57. The van der Waals surface area contributed by atoms with E-state index in [-0.39, 0.29) is 12.3 Å². The first-order chi connectivity index (χ1) is 9.42. The van der Waals surface area contributed by atoms with E-state index in [0.29, 0.717) is 18.0 Å². The number of benzene rings is 1. The molecule has 1 aromatic carbocycles. The van der Waals surface area contributed by atoms with Gasteiger partial charge in [0.15, 0.2) is 0 Å². The third-order valence-corrected chi connectivity index (χ3v) is 3.44. The van der Waals surface area contributed by atoms with Crippen LogP contribution in [-0.4, -0.2) is 17.6 Å². The van der Waals surface area contributed by atoms with Crippen molar-refractivity contribution in [3.05, 3.63) is 28.2 Å². The van der Waals surface area contributed by atoms with Crippen LogP contribution in [0.15, 0.2) is 22.7 Å². The molecule has 0 amide bonds. The number of nitriles is 1. The Morgan fingerprint density at radius 1 is 1.50 bits per heavy atom. The van der Waals surface area contributed by atoms with Crippen molar-refractivity contribution in [2.45, 2.75) is 26.7 Å².